The fourth-order valence-corrected chi connectivity index (χ4v) is 2.20. The lowest BCUT2D eigenvalue weighted by Crippen LogP contribution is -2.10. The van der Waals surface area contributed by atoms with Gasteiger partial charge >= 0.3 is 0 Å². The predicted octanol–water partition coefficient (Wildman–Crippen LogP) is 3.30. The molecule has 0 saturated heterocycles. The minimum absolute atomic E-state index is 0.165. The Morgan fingerprint density at radius 3 is 2.38 bits per heavy atom. The lowest BCUT2D eigenvalue weighted by atomic mass is 10.1. The van der Waals surface area contributed by atoms with Gasteiger partial charge in [0, 0.05) is 6.04 Å². The van der Waals surface area contributed by atoms with Gasteiger partial charge in [0.2, 0.25) is 0 Å². The van der Waals surface area contributed by atoms with E-state index in [0.29, 0.717) is 6.61 Å². The number of hydrogen-bond acceptors (Lipinski definition) is 4. The largest absolute Gasteiger partial charge is 0.497 e. The van der Waals surface area contributed by atoms with Gasteiger partial charge in [-0.1, -0.05) is 18.2 Å². The Balaban J connectivity index is 2.19. The molecular formula is C17H21NO3. The van der Waals surface area contributed by atoms with E-state index in [9.17, 15) is 0 Å². The summed E-state index contributed by atoms with van der Waals surface area (Å²) >= 11 is 0. The second kappa shape index (κ2) is 6.99. The van der Waals surface area contributed by atoms with Crippen LogP contribution in [0.25, 0.3) is 0 Å². The molecule has 0 heterocycles. The van der Waals surface area contributed by atoms with Crippen molar-refractivity contribution in [2.24, 2.45) is 5.73 Å². The number of nitrogens with two attached hydrogens (primary N) is 1. The van der Waals surface area contributed by atoms with Crippen LogP contribution in [-0.4, -0.2) is 14.2 Å². The zero-order chi connectivity index (χ0) is 15.2. The van der Waals surface area contributed by atoms with Crippen LogP contribution >= 0.6 is 0 Å². The molecule has 4 nitrogen and oxygen atoms in total. The third kappa shape index (κ3) is 3.67. The maximum Gasteiger partial charge on any atom is 0.128 e. The van der Waals surface area contributed by atoms with Gasteiger partial charge < -0.3 is 19.9 Å². The highest BCUT2D eigenvalue weighted by Crippen LogP contribution is 2.33. The highest BCUT2D eigenvalue weighted by atomic mass is 16.5. The topological polar surface area (TPSA) is 53.7 Å². The molecule has 0 fully saturated rings. The third-order valence-corrected chi connectivity index (χ3v) is 3.23. The number of benzene rings is 2. The minimum atomic E-state index is -0.165. The maximum atomic E-state index is 6.03. The molecular weight excluding hydrogens is 266 g/mol. The van der Waals surface area contributed by atoms with Crippen LogP contribution in [0.1, 0.15) is 24.1 Å². The second-order valence-corrected chi connectivity index (χ2v) is 4.80. The average Bonchev–Trinajstić information content (AvgIpc) is 2.52. The Hall–Kier alpha value is -2.20. The highest BCUT2D eigenvalue weighted by Gasteiger charge is 2.14. The summed E-state index contributed by atoms with van der Waals surface area (Å²) in [6.45, 7) is 2.36. The fourth-order valence-electron chi connectivity index (χ4n) is 2.20. The smallest absolute Gasteiger partial charge is 0.128 e. The third-order valence-electron chi connectivity index (χ3n) is 3.23. The first-order chi connectivity index (χ1) is 10.2. The molecule has 2 rings (SSSR count). The van der Waals surface area contributed by atoms with E-state index in [1.807, 2.05) is 49.4 Å². The first-order valence-corrected chi connectivity index (χ1v) is 6.84. The first-order valence-electron chi connectivity index (χ1n) is 6.84. The Morgan fingerprint density at radius 2 is 1.71 bits per heavy atom. The van der Waals surface area contributed by atoms with Crippen LogP contribution in [0, 0.1) is 0 Å². The van der Waals surface area contributed by atoms with E-state index in [4.69, 9.17) is 19.9 Å². The SMILES string of the molecule is COc1cccc(COc2cccc(OC)c2C(C)N)c1. The van der Waals surface area contributed by atoms with Crippen molar-refractivity contribution in [3.63, 3.8) is 0 Å². The van der Waals surface area contributed by atoms with E-state index >= 15 is 0 Å². The fraction of sp³-hybridized carbons (Fsp3) is 0.294. The summed E-state index contributed by atoms with van der Waals surface area (Å²) in [6, 6.07) is 13.3. The van der Waals surface area contributed by atoms with Gasteiger partial charge in [-0.15, -0.1) is 0 Å². The van der Waals surface area contributed by atoms with Crippen LogP contribution in [0.15, 0.2) is 42.5 Å². The van der Waals surface area contributed by atoms with Crippen molar-refractivity contribution in [2.45, 2.75) is 19.6 Å². The molecule has 21 heavy (non-hydrogen) atoms. The summed E-state index contributed by atoms with van der Waals surface area (Å²) < 4.78 is 16.5. The average molecular weight is 287 g/mol. The van der Waals surface area contributed by atoms with Crippen molar-refractivity contribution >= 4 is 0 Å². The van der Waals surface area contributed by atoms with Gasteiger partial charge in [0.15, 0.2) is 0 Å². The maximum absolute atomic E-state index is 6.03. The highest BCUT2D eigenvalue weighted by molar-refractivity contribution is 5.46. The zero-order valence-electron chi connectivity index (χ0n) is 12.6. The van der Waals surface area contributed by atoms with Crippen molar-refractivity contribution in [2.75, 3.05) is 14.2 Å². The molecule has 2 aromatic rings. The van der Waals surface area contributed by atoms with E-state index in [-0.39, 0.29) is 6.04 Å². The molecule has 1 unspecified atom stereocenters. The van der Waals surface area contributed by atoms with Crippen molar-refractivity contribution in [1.82, 2.24) is 0 Å². The standard InChI is InChI=1S/C17H21NO3/c1-12(18)17-15(20-3)8-5-9-16(17)21-11-13-6-4-7-14(10-13)19-2/h4-10,12H,11,18H2,1-3H3. The normalized spacial score (nSPS) is 11.8. The summed E-state index contributed by atoms with van der Waals surface area (Å²) in [5.74, 6) is 2.30. The molecule has 0 bridgehead atoms. The Morgan fingerprint density at radius 1 is 1.00 bits per heavy atom. The van der Waals surface area contributed by atoms with Crippen LogP contribution < -0.4 is 19.9 Å². The number of hydrogen-bond donors (Lipinski definition) is 1. The van der Waals surface area contributed by atoms with Crippen molar-refractivity contribution in [3.8, 4) is 17.2 Å². The van der Waals surface area contributed by atoms with Gasteiger partial charge in [0.25, 0.3) is 0 Å². The Bertz CT molecular complexity index is 596. The molecule has 2 N–H and O–H groups in total. The molecule has 0 spiro atoms. The summed E-state index contributed by atoms with van der Waals surface area (Å²) in [5.41, 5.74) is 7.94. The summed E-state index contributed by atoms with van der Waals surface area (Å²) in [5, 5.41) is 0. The molecule has 0 aliphatic rings. The van der Waals surface area contributed by atoms with E-state index in [1.165, 1.54) is 0 Å². The van der Waals surface area contributed by atoms with Crippen LogP contribution in [0.2, 0.25) is 0 Å². The van der Waals surface area contributed by atoms with Gasteiger partial charge in [0.05, 0.1) is 19.8 Å². The van der Waals surface area contributed by atoms with E-state index in [0.717, 1.165) is 28.4 Å². The van der Waals surface area contributed by atoms with Gasteiger partial charge in [-0.25, -0.2) is 0 Å². The van der Waals surface area contributed by atoms with E-state index < -0.39 is 0 Å². The molecule has 4 heteroatoms. The number of rotatable bonds is 6. The van der Waals surface area contributed by atoms with Crippen LogP contribution in [0.4, 0.5) is 0 Å². The van der Waals surface area contributed by atoms with Gasteiger partial charge in [-0.2, -0.15) is 0 Å². The monoisotopic (exact) mass is 287 g/mol. The Labute approximate surface area is 125 Å². The van der Waals surface area contributed by atoms with Gasteiger partial charge in [-0.05, 0) is 36.8 Å². The summed E-state index contributed by atoms with van der Waals surface area (Å²) in [4.78, 5) is 0. The molecule has 112 valence electrons. The molecule has 0 amide bonds. The molecule has 2 aromatic carbocycles. The van der Waals surface area contributed by atoms with Gasteiger partial charge in [-0.3, -0.25) is 0 Å². The summed E-state index contributed by atoms with van der Waals surface area (Å²) in [7, 11) is 3.28. The molecule has 0 aliphatic heterocycles. The quantitative estimate of drug-likeness (QED) is 0.885. The van der Waals surface area contributed by atoms with Crippen LogP contribution in [0.5, 0.6) is 17.2 Å². The van der Waals surface area contributed by atoms with Gasteiger partial charge in [0.1, 0.15) is 23.9 Å². The summed E-state index contributed by atoms with van der Waals surface area (Å²) in [6.07, 6.45) is 0. The zero-order valence-corrected chi connectivity index (χ0v) is 12.6. The minimum Gasteiger partial charge on any atom is -0.497 e. The lowest BCUT2D eigenvalue weighted by Gasteiger charge is -2.17. The molecule has 0 saturated carbocycles. The van der Waals surface area contributed by atoms with Crippen LogP contribution in [-0.2, 0) is 6.61 Å². The molecule has 1 atom stereocenters. The number of methoxy groups -OCH3 is 2. The molecule has 0 radical (unpaired) electrons. The number of ether oxygens (including phenoxy) is 3. The molecule has 0 aliphatic carbocycles. The molecule has 0 aromatic heterocycles. The lowest BCUT2D eigenvalue weighted by molar-refractivity contribution is 0.296. The second-order valence-electron chi connectivity index (χ2n) is 4.80. The van der Waals surface area contributed by atoms with E-state index in [1.54, 1.807) is 14.2 Å². The predicted molar refractivity (Wildman–Crippen MR) is 82.9 cm³/mol. The van der Waals surface area contributed by atoms with Crippen molar-refractivity contribution in [3.05, 3.63) is 53.6 Å². The van der Waals surface area contributed by atoms with Crippen molar-refractivity contribution in [1.29, 1.82) is 0 Å². The first kappa shape index (κ1) is 15.2. The Kier molecular flexibility index (Phi) is 5.06. The van der Waals surface area contributed by atoms with E-state index in [2.05, 4.69) is 0 Å². The van der Waals surface area contributed by atoms with Crippen LogP contribution in [0.3, 0.4) is 0 Å². The van der Waals surface area contributed by atoms with Crippen molar-refractivity contribution < 1.29 is 14.2 Å².